The molecule has 4 nitrogen and oxygen atoms in total. The summed E-state index contributed by atoms with van der Waals surface area (Å²) in [5, 5.41) is 0. The molecule has 2 atom stereocenters. The van der Waals surface area contributed by atoms with E-state index in [0.717, 1.165) is 23.5 Å². The van der Waals surface area contributed by atoms with Crippen LogP contribution >= 0.6 is 0 Å². The molecule has 24 heavy (non-hydrogen) atoms. The molecule has 2 aromatic rings. The maximum absolute atomic E-state index is 13.3. The minimum absolute atomic E-state index is 0.0537. The van der Waals surface area contributed by atoms with Gasteiger partial charge in [0.25, 0.3) is 0 Å². The number of benzene rings is 2. The van der Waals surface area contributed by atoms with Gasteiger partial charge in [-0.15, -0.1) is 0 Å². The molecule has 0 saturated heterocycles. The zero-order chi connectivity index (χ0) is 16.9. The van der Waals surface area contributed by atoms with Crippen molar-refractivity contribution in [3.05, 3.63) is 53.6 Å². The highest BCUT2D eigenvalue weighted by Crippen LogP contribution is 2.47. The van der Waals surface area contributed by atoms with E-state index in [1.54, 1.807) is 7.11 Å². The lowest BCUT2D eigenvalue weighted by atomic mass is 9.78. The number of carbonyl (C=O) groups is 1. The molecule has 0 N–H and O–H groups in total. The van der Waals surface area contributed by atoms with Crippen molar-refractivity contribution >= 4 is 11.5 Å². The number of Topliss-reactive ketones (excluding diaryl/α,β-unsaturated/α-hetero) is 1. The van der Waals surface area contributed by atoms with E-state index in [9.17, 15) is 4.79 Å². The van der Waals surface area contributed by atoms with E-state index in [1.165, 1.54) is 0 Å². The molecule has 2 aliphatic heterocycles. The van der Waals surface area contributed by atoms with Gasteiger partial charge in [0, 0.05) is 24.2 Å². The molecular weight excluding hydrogens is 302 g/mol. The van der Waals surface area contributed by atoms with Crippen LogP contribution in [0.3, 0.4) is 0 Å². The highest BCUT2D eigenvalue weighted by atomic mass is 16.5. The monoisotopic (exact) mass is 323 g/mol. The molecule has 0 aliphatic carbocycles. The van der Waals surface area contributed by atoms with Crippen molar-refractivity contribution in [3.8, 4) is 11.5 Å². The summed E-state index contributed by atoms with van der Waals surface area (Å²) in [6.07, 6.45) is 0.525. The van der Waals surface area contributed by atoms with Crippen molar-refractivity contribution in [2.45, 2.75) is 31.9 Å². The number of methoxy groups -OCH3 is 1. The van der Waals surface area contributed by atoms with Gasteiger partial charge >= 0.3 is 0 Å². The third-order valence-corrected chi connectivity index (χ3v) is 5.37. The van der Waals surface area contributed by atoms with Crippen LogP contribution in [0.4, 0.5) is 5.69 Å². The quantitative estimate of drug-likeness (QED) is 0.848. The third-order valence-electron chi connectivity index (χ3n) is 5.37. The number of nitrogens with zero attached hydrogens (tertiary/aromatic N) is 1. The van der Waals surface area contributed by atoms with Gasteiger partial charge in [-0.2, -0.15) is 0 Å². The Morgan fingerprint density at radius 3 is 2.75 bits per heavy atom. The van der Waals surface area contributed by atoms with E-state index >= 15 is 0 Å². The van der Waals surface area contributed by atoms with Gasteiger partial charge in [-0.3, -0.25) is 4.79 Å². The average Bonchev–Trinajstić information content (AvgIpc) is 2.89. The predicted molar refractivity (Wildman–Crippen MR) is 93.3 cm³/mol. The van der Waals surface area contributed by atoms with E-state index in [4.69, 9.17) is 9.47 Å². The summed E-state index contributed by atoms with van der Waals surface area (Å²) in [5.74, 6) is 1.56. The van der Waals surface area contributed by atoms with Crippen LogP contribution in [0.15, 0.2) is 42.5 Å². The van der Waals surface area contributed by atoms with Gasteiger partial charge in [0.05, 0.1) is 18.7 Å². The summed E-state index contributed by atoms with van der Waals surface area (Å²) in [7, 11) is 1.67. The molecule has 2 aromatic carbocycles. The second-order valence-corrected chi connectivity index (χ2v) is 6.41. The molecule has 0 saturated carbocycles. The van der Waals surface area contributed by atoms with E-state index in [1.807, 2.05) is 36.4 Å². The molecule has 124 valence electrons. The summed E-state index contributed by atoms with van der Waals surface area (Å²) in [6.45, 7) is 4.98. The Morgan fingerprint density at radius 1 is 1.25 bits per heavy atom. The van der Waals surface area contributed by atoms with Crippen LogP contribution in [-0.4, -0.2) is 31.1 Å². The minimum atomic E-state index is -0.888. The number of rotatable bonds is 2. The molecule has 4 rings (SSSR count). The van der Waals surface area contributed by atoms with Crippen LogP contribution in [0.1, 0.15) is 29.8 Å². The number of anilines is 1. The number of para-hydroxylation sites is 1. The van der Waals surface area contributed by atoms with E-state index < -0.39 is 5.60 Å². The number of carbonyl (C=O) groups excluding carboxylic acids is 1. The second-order valence-electron chi connectivity index (χ2n) is 6.41. The Kier molecular flexibility index (Phi) is 3.30. The summed E-state index contributed by atoms with van der Waals surface area (Å²) >= 11 is 0. The highest BCUT2D eigenvalue weighted by molar-refractivity contribution is 6.09. The van der Waals surface area contributed by atoms with E-state index in [2.05, 4.69) is 24.8 Å². The lowest BCUT2D eigenvalue weighted by Gasteiger charge is -2.46. The Labute approximate surface area is 142 Å². The van der Waals surface area contributed by atoms with Gasteiger partial charge in [-0.1, -0.05) is 18.2 Å². The summed E-state index contributed by atoms with van der Waals surface area (Å²) < 4.78 is 11.9. The Morgan fingerprint density at radius 2 is 2.04 bits per heavy atom. The first kappa shape index (κ1) is 15.1. The Hall–Kier alpha value is -2.49. The van der Waals surface area contributed by atoms with Crippen molar-refractivity contribution < 1.29 is 14.3 Å². The molecule has 1 spiro atoms. The molecular formula is C20H21NO3. The molecule has 0 fully saturated rings. The normalized spacial score (nSPS) is 24.5. The first-order valence-electron chi connectivity index (χ1n) is 8.37. The smallest absolute Gasteiger partial charge is 0.212 e. The van der Waals surface area contributed by atoms with Gasteiger partial charge in [0.15, 0.2) is 5.60 Å². The number of likely N-dealkylation sites (N-methyl/N-ethyl adjacent to an activating group) is 1. The molecule has 0 amide bonds. The van der Waals surface area contributed by atoms with E-state index in [-0.39, 0.29) is 11.8 Å². The first-order valence-corrected chi connectivity index (χ1v) is 8.37. The number of fused-ring (bicyclic) bond motifs is 2. The minimum Gasteiger partial charge on any atom is -0.496 e. The number of hydrogen-bond acceptors (Lipinski definition) is 4. The fourth-order valence-corrected chi connectivity index (χ4v) is 4.11. The highest BCUT2D eigenvalue weighted by Gasteiger charge is 2.56. The predicted octanol–water partition coefficient (Wildman–Crippen LogP) is 3.48. The van der Waals surface area contributed by atoms with Crippen LogP contribution in [0, 0.1) is 0 Å². The third kappa shape index (κ3) is 1.83. The molecule has 0 radical (unpaired) electrons. The van der Waals surface area contributed by atoms with E-state index in [0.29, 0.717) is 17.7 Å². The molecule has 2 heterocycles. The SMILES string of the molecule is CCN1c2cccc(OC)c2C[C@@]2(Oc3ccccc3C2=O)[C@H]1C. The second kappa shape index (κ2) is 5.26. The molecule has 4 heteroatoms. The fourth-order valence-electron chi connectivity index (χ4n) is 4.11. The zero-order valence-electron chi connectivity index (χ0n) is 14.2. The summed E-state index contributed by atoms with van der Waals surface area (Å²) in [5.41, 5.74) is 1.96. The largest absolute Gasteiger partial charge is 0.496 e. The topological polar surface area (TPSA) is 38.8 Å². The van der Waals surface area contributed by atoms with Crippen LogP contribution < -0.4 is 14.4 Å². The van der Waals surface area contributed by atoms with Crippen molar-refractivity contribution in [2.24, 2.45) is 0 Å². The van der Waals surface area contributed by atoms with Crippen LogP contribution in [0.25, 0.3) is 0 Å². The molecule has 0 aromatic heterocycles. The molecule has 2 aliphatic rings. The van der Waals surface area contributed by atoms with Gasteiger partial charge in [0.2, 0.25) is 5.78 Å². The standard InChI is InChI=1S/C20H21NO3/c1-4-21-13(2)20(12-15-16(21)9-7-11-17(15)23-3)19(22)14-8-5-6-10-18(14)24-20/h5-11,13H,4,12H2,1-3H3/t13-,20-/m1/s1. The van der Waals surface area contributed by atoms with Crippen molar-refractivity contribution in [1.82, 2.24) is 0 Å². The molecule has 0 unspecified atom stereocenters. The summed E-state index contributed by atoms with van der Waals surface area (Å²) in [6, 6.07) is 13.5. The average molecular weight is 323 g/mol. The van der Waals surface area contributed by atoms with Gasteiger partial charge in [0.1, 0.15) is 11.5 Å². The van der Waals surface area contributed by atoms with Crippen LogP contribution in [0.5, 0.6) is 11.5 Å². The fraction of sp³-hybridized carbons (Fsp3) is 0.350. The van der Waals surface area contributed by atoms with Crippen LogP contribution in [-0.2, 0) is 6.42 Å². The van der Waals surface area contributed by atoms with Gasteiger partial charge < -0.3 is 14.4 Å². The van der Waals surface area contributed by atoms with Crippen molar-refractivity contribution in [3.63, 3.8) is 0 Å². The Bertz CT molecular complexity index is 816. The van der Waals surface area contributed by atoms with Gasteiger partial charge in [-0.05, 0) is 38.1 Å². The maximum atomic E-state index is 13.3. The zero-order valence-corrected chi connectivity index (χ0v) is 14.2. The lowest BCUT2D eigenvalue weighted by molar-refractivity contribution is 0.0433. The van der Waals surface area contributed by atoms with Crippen molar-refractivity contribution in [2.75, 3.05) is 18.6 Å². The maximum Gasteiger partial charge on any atom is 0.212 e. The first-order chi connectivity index (χ1) is 11.6. The van der Waals surface area contributed by atoms with Gasteiger partial charge in [-0.25, -0.2) is 0 Å². The van der Waals surface area contributed by atoms with Crippen molar-refractivity contribution in [1.29, 1.82) is 0 Å². The summed E-state index contributed by atoms with van der Waals surface area (Å²) in [4.78, 5) is 15.5. The number of hydrogen-bond donors (Lipinski definition) is 0. The Balaban J connectivity index is 1.89. The number of ether oxygens (including phenoxy) is 2. The molecule has 0 bridgehead atoms. The lowest BCUT2D eigenvalue weighted by Crippen LogP contribution is -2.61. The number of ketones is 1. The van der Waals surface area contributed by atoms with Crippen LogP contribution in [0.2, 0.25) is 0 Å².